The molecule has 134 valence electrons. The molecule has 1 saturated carbocycles. The van der Waals surface area contributed by atoms with Gasteiger partial charge in [-0.2, -0.15) is 0 Å². The van der Waals surface area contributed by atoms with Gasteiger partial charge in [-0.3, -0.25) is 4.79 Å². The van der Waals surface area contributed by atoms with Crippen LogP contribution >= 0.6 is 35.6 Å². The van der Waals surface area contributed by atoms with Gasteiger partial charge in [-0.25, -0.2) is 0 Å². The SMILES string of the molecule is CNC1CCC(N2CCC(Cc3c(Cl)cccc3Cl)C2=O)CC1.Cl. The second-order valence-corrected chi connectivity index (χ2v) is 7.53. The number of hydrogen-bond donors (Lipinski definition) is 1. The molecule has 1 aromatic rings. The van der Waals surface area contributed by atoms with E-state index in [-0.39, 0.29) is 24.2 Å². The zero-order chi connectivity index (χ0) is 16.4. The van der Waals surface area contributed by atoms with Crippen molar-refractivity contribution in [3.8, 4) is 0 Å². The topological polar surface area (TPSA) is 32.3 Å². The molecule has 0 spiro atoms. The Morgan fingerprint density at radius 3 is 2.33 bits per heavy atom. The minimum absolute atomic E-state index is 0. The van der Waals surface area contributed by atoms with Crippen molar-refractivity contribution in [2.75, 3.05) is 13.6 Å². The first-order valence-corrected chi connectivity index (χ1v) is 9.26. The van der Waals surface area contributed by atoms with E-state index in [0.29, 0.717) is 28.5 Å². The Hall–Kier alpha value is -0.480. The van der Waals surface area contributed by atoms with Crippen LogP contribution in [0.4, 0.5) is 0 Å². The smallest absolute Gasteiger partial charge is 0.226 e. The molecule has 1 aromatic carbocycles. The monoisotopic (exact) mass is 390 g/mol. The third-order valence-corrected chi connectivity index (χ3v) is 6.12. The number of carbonyl (C=O) groups is 1. The van der Waals surface area contributed by atoms with Gasteiger partial charge in [0, 0.05) is 34.6 Å². The van der Waals surface area contributed by atoms with Gasteiger partial charge in [-0.1, -0.05) is 29.3 Å². The highest BCUT2D eigenvalue weighted by atomic mass is 35.5. The van der Waals surface area contributed by atoms with Crippen LogP contribution in [-0.2, 0) is 11.2 Å². The van der Waals surface area contributed by atoms with Gasteiger partial charge >= 0.3 is 0 Å². The van der Waals surface area contributed by atoms with Crippen LogP contribution < -0.4 is 5.32 Å². The molecule has 1 heterocycles. The molecule has 3 rings (SSSR count). The van der Waals surface area contributed by atoms with E-state index in [1.807, 2.05) is 25.2 Å². The molecule has 6 heteroatoms. The predicted molar refractivity (Wildman–Crippen MR) is 102 cm³/mol. The molecule has 1 N–H and O–H groups in total. The van der Waals surface area contributed by atoms with Crippen molar-refractivity contribution in [1.82, 2.24) is 10.2 Å². The van der Waals surface area contributed by atoms with Gasteiger partial charge < -0.3 is 10.2 Å². The van der Waals surface area contributed by atoms with Crippen LogP contribution in [0.3, 0.4) is 0 Å². The number of hydrogen-bond acceptors (Lipinski definition) is 2. The lowest BCUT2D eigenvalue weighted by atomic mass is 9.90. The fourth-order valence-electron chi connectivity index (χ4n) is 3.96. The van der Waals surface area contributed by atoms with Gasteiger partial charge in [-0.05, 0) is 63.3 Å². The molecule has 0 aromatic heterocycles. The average Bonchev–Trinajstić information content (AvgIpc) is 2.92. The van der Waals surface area contributed by atoms with Crippen LogP contribution in [0.1, 0.15) is 37.7 Å². The van der Waals surface area contributed by atoms with E-state index in [1.165, 1.54) is 0 Å². The van der Waals surface area contributed by atoms with Gasteiger partial charge in [0.15, 0.2) is 0 Å². The second-order valence-electron chi connectivity index (χ2n) is 6.72. The molecular formula is C18H25Cl3N2O. The summed E-state index contributed by atoms with van der Waals surface area (Å²) >= 11 is 12.5. The lowest BCUT2D eigenvalue weighted by Crippen LogP contribution is -2.43. The third-order valence-electron chi connectivity index (χ3n) is 5.41. The first-order valence-electron chi connectivity index (χ1n) is 8.50. The van der Waals surface area contributed by atoms with E-state index in [1.54, 1.807) is 0 Å². The lowest BCUT2D eigenvalue weighted by molar-refractivity contribution is -0.133. The van der Waals surface area contributed by atoms with Crippen molar-refractivity contribution in [1.29, 1.82) is 0 Å². The molecule has 2 aliphatic rings. The normalized spacial score (nSPS) is 27.2. The minimum Gasteiger partial charge on any atom is -0.339 e. The Bertz CT molecular complexity index is 553. The zero-order valence-electron chi connectivity index (χ0n) is 13.9. The van der Waals surface area contributed by atoms with Crippen LogP contribution in [0.15, 0.2) is 18.2 Å². The van der Waals surface area contributed by atoms with Crippen molar-refractivity contribution in [2.24, 2.45) is 5.92 Å². The number of nitrogens with one attached hydrogen (secondary N) is 1. The molecule has 1 unspecified atom stereocenters. The minimum atomic E-state index is 0. The summed E-state index contributed by atoms with van der Waals surface area (Å²) in [5, 5.41) is 4.68. The highest BCUT2D eigenvalue weighted by Gasteiger charge is 2.37. The summed E-state index contributed by atoms with van der Waals surface area (Å²) in [7, 11) is 2.02. The summed E-state index contributed by atoms with van der Waals surface area (Å²) < 4.78 is 0. The second kappa shape index (κ2) is 8.75. The molecule has 2 fully saturated rings. The number of halogens is 3. The van der Waals surface area contributed by atoms with E-state index < -0.39 is 0 Å². The van der Waals surface area contributed by atoms with E-state index in [2.05, 4.69) is 10.2 Å². The van der Waals surface area contributed by atoms with Gasteiger partial charge in [0.1, 0.15) is 0 Å². The molecular weight excluding hydrogens is 367 g/mol. The summed E-state index contributed by atoms with van der Waals surface area (Å²) in [4.78, 5) is 14.9. The largest absolute Gasteiger partial charge is 0.339 e. The van der Waals surface area contributed by atoms with Crippen LogP contribution in [-0.4, -0.2) is 36.5 Å². The van der Waals surface area contributed by atoms with Crippen molar-refractivity contribution >= 4 is 41.5 Å². The zero-order valence-corrected chi connectivity index (χ0v) is 16.3. The van der Waals surface area contributed by atoms with E-state index in [0.717, 1.165) is 44.2 Å². The molecule has 24 heavy (non-hydrogen) atoms. The molecule has 1 atom stereocenters. The first kappa shape index (κ1) is 19.8. The number of carbonyl (C=O) groups excluding carboxylic acids is 1. The average molecular weight is 392 g/mol. The maximum Gasteiger partial charge on any atom is 0.226 e. The Morgan fingerprint density at radius 2 is 1.75 bits per heavy atom. The number of likely N-dealkylation sites (tertiary alicyclic amines) is 1. The van der Waals surface area contributed by atoms with Crippen molar-refractivity contribution < 1.29 is 4.79 Å². The van der Waals surface area contributed by atoms with Gasteiger partial charge in [-0.15, -0.1) is 12.4 Å². The van der Waals surface area contributed by atoms with Crippen molar-refractivity contribution in [3.63, 3.8) is 0 Å². The van der Waals surface area contributed by atoms with E-state index in [9.17, 15) is 4.79 Å². The standard InChI is InChI=1S/C18H24Cl2N2O.ClH/c1-21-13-5-7-14(8-6-13)22-10-9-12(18(22)23)11-15-16(19)3-2-4-17(15)20;/h2-4,12-14,21H,5-11H2,1H3;1H. The number of benzene rings is 1. The lowest BCUT2D eigenvalue weighted by Gasteiger charge is -2.34. The quantitative estimate of drug-likeness (QED) is 0.828. The Kier molecular flexibility index (Phi) is 7.23. The fourth-order valence-corrected chi connectivity index (χ4v) is 4.52. The van der Waals surface area contributed by atoms with Crippen molar-refractivity contribution in [3.05, 3.63) is 33.8 Å². The Balaban J connectivity index is 0.00000208. The predicted octanol–water partition coefficient (Wildman–Crippen LogP) is 4.34. The van der Waals surface area contributed by atoms with E-state index >= 15 is 0 Å². The fraction of sp³-hybridized carbons (Fsp3) is 0.611. The van der Waals surface area contributed by atoms with Crippen LogP contribution in [0, 0.1) is 5.92 Å². The summed E-state index contributed by atoms with van der Waals surface area (Å²) in [5.74, 6) is 0.309. The van der Waals surface area contributed by atoms with Gasteiger partial charge in [0.2, 0.25) is 5.91 Å². The summed E-state index contributed by atoms with van der Waals surface area (Å²) in [5.41, 5.74) is 0.912. The number of amides is 1. The molecule has 1 saturated heterocycles. The molecule has 0 bridgehead atoms. The molecule has 3 nitrogen and oxygen atoms in total. The van der Waals surface area contributed by atoms with E-state index in [4.69, 9.17) is 23.2 Å². The highest BCUT2D eigenvalue weighted by Crippen LogP contribution is 2.33. The summed E-state index contributed by atoms with van der Waals surface area (Å²) in [6, 6.07) is 6.57. The Labute approximate surface area is 160 Å². The van der Waals surface area contributed by atoms with Crippen LogP contribution in [0.25, 0.3) is 0 Å². The highest BCUT2D eigenvalue weighted by molar-refractivity contribution is 6.36. The van der Waals surface area contributed by atoms with Gasteiger partial charge in [0.05, 0.1) is 0 Å². The van der Waals surface area contributed by atoms with Gasteiger partial charge in [0.25, 0.3) is 0 Å². The maximum absolute atomic E-state index is 12.8. The Morgan fingerprint density at radius 1 is 1.12 bits per heavy atom. The number of rotatable bonds is 4. The molecule has 0 radical (unpaired) electrons. The molecule has 1 aliphatic heterocycles. The third kappa shape index (κ3) is 4.19. The molecule has 1 amide bonds. The molecule has 1 aliphatic carbocycles. The van der Waals surface area contributed by atoms with Crippen molar-refractivity contribution in [2.45, 2.75) is 50.6 Å². The number of nitrogens with zero attached hydrogens (tertiary/aromatic N) is 1. The maximum atomic E-state index is 12.8. The summed E-state index contributed by atoms with van der Waals surface area (Å²) in [6.45, 7) is 0.875. The first-order chi connectivity index (χ1) is 11.1. The van der Waals surface area contributed by atoms with Crippen LogP contribution in [0.5, 0.6) is 0 Å². The summed E-state index contributed by atoms with van der Waals surface area (Å²) in [6.07, 6.45) is 6.09. The van der Waals surface area contributed by atoms with Crippen LogP contribution in [0.2, 0.25) is 10.0 Å².